The number of nitrogens with zero attached hydrogens (tertiary/aromatic N) is 1. The maximum atomic E-state index is 13.5. The Morgan fingerprint density at radius 1 is 1.45 bits per heavy atom. The van der Waals surface area contributed by atoms with E-state index in [0.717, 1.165) is 12.1 Å². The van der Waals surface area contributed by atoms with Gasteiger partial charge in [-0.05, 0) is 25.5 Å². The fraction of sp³-hybridized carbons (Fsp3) is 0.417. The minimum Gasteiger partial charge on any atom is -0.339 e. The maximum absolute atomic E-state index is 13.5. The zero-order valence-electron chi connectivity index (χ0n) is 11.2. The van der Waals surface area contributed by atoms with Crippen molar-refractivity contribution in [1.29, 1.82) is 0 Å². The minimum atomic E-state index is -4.29. The molecule has 8 heteroatoms. The summed E-state index contributed by atoms with van der Waals surface area (Å²) in [6.45, 7) is 3.73. The molecule has 0 aliphatic heterocycles. The van der Waals surface area contributed by atoms with Gasteiger partial charge < -0.3 is 4.90 Å². The monoisotopic (exact) mass is 341 g/mol. The molecule has 0 bridgehead atoms. The van der Waals surface area contributed by atoms with Gasteiger partial charge in [-0.3, -0.25) is 4.79 Å². The standard InChI is InChI=1S/C12H14Cl2FNO3S/c1-4-7(2)16(3)12(17)8-5-11(20(14,18)19)10(15)6-9(8)13/h5-7H,4H2,1-3H3. The molecule has 1 unspecified atom stereocenters. The number of rotatable bonds is 4. The third kappa shape index (κ3) is 3.62. The molecule has 1 aromatic carbocycles. The molecule has 112 valence electrons. The minimum absolute atomic E-state index is 0.0697. The van der Waals surface area contributed by atoms with Crippen LogP contribution in [-0.2, 0) is 9.05 Å². The normalized spacial score (nSPS) is 13.1. The van der Waals surface area contributed by atoms with Crippen LogP contribution in [-0.4, -0.2) is 32.3 Å². The summed E-state index contributed by atoms with van der Waals surface area (Å²) >= 11 is 5.81. The van der Waals surface area contributed by atoms with E-state index in [9.17, 15) is 17.6 Å². The van der Waals surface area contributed by atoms with Gasteiger partial charge in [-0.15, -0.1) is 0 Å². The van der Waals surface area contributed by atoms with Crippen LogP contribution in [0.25, 0.3) is 0 Å². The molecule has 0 heterocycles. The molecular weight excluding hydrogens is 328 g/mol. The van der Waals surface area contributed by atoms with Gasteiger partial charge in [-0.2, -0.15) is 0 Å². The van der Waals surface area contributed by atoms with Crippen LogP contribution in [0.3, 0.4) is 0 Å². The van der Waals surface area contributed by atoms with E-state index in [0.29, 0.717) is 6.42 Å². The van der Waals surface area contributed by atoms with E-state index in [-0.39, 0.29) is 16.6 Å². The SMILES string of the molecule is CCC(C)N(C)C(=O)c1cc(S(=O)(=O)Cl)c(F)cc1Cl. The first-order valence-electron chi connectivity index (χ1n) is 5.80. The smallest absolute Gasteiger partial charge is 0.264 e. The highest BCUT2D eigenvalue weighted by Gasteiger charge is 2.24. The lowest BCUT2D eigenvalue weighted by Gasteiger charge is -2.24. The summed E-state index contributed by atoms with van der Waals surface area (Å²) in [5, 5.41) is -0.160. The molecule has 1 atom stereocenters. The zero-order chi connectivity index (χ0) is 15.7. The van der Waals surface area contributed by atoms with Crippen molar-refractivity contribution in [2.45, 2.75) is 31.2 Å². The summed E-state index contributed by atoms with van der Waals surface area (Å²) in [5.41, 5.74) is -0.102. The van der Waals surface area contributed by atoms with Crippen LogP contribution < -0.4 is 0 Å². The number of carbonyl (C=O) groups excluding carboxylic acids is 1. The van der Waals surface area contributed by atoms with Crippen LogP contribution >= 0.6 is 22.3 Å². The Bertz CT molecular complexity index is 634. The summed E-state index contributed by atoms with van der Waals surface area (Å²) in [6.07, 6.45) is 0.710. The third-order valence-corrected chi connectivity index (χ3v) is 4.74. The molecule has 0 radical (unpaired) electrons. The van der Waals surface area contributed by atoms with E-state index in [1.165, 1.54) is 4.90 Å². The summed E-state index contributed by atoms with van der Waals surface area (Å²) in [6, 6.07) is 1.56. The number of benzene rings is 1. The number of hydrogen-bond donors (Lipinski definition) is 0. The fourth-order valence-corrected chi connectivity index (χ4v) is 2.68. The van der Waals surface area contributed by atoms with Gasteiger partial charge in [-0.1, -0.05) is 18.5 Å². The molecule has 1 amide bonds. The van der Waals surface area contributed by atoms with Crippen molar-refractivity contribution in [2.75, 3.05) is 7.05 Å². The second-order valence-electron chi connectivity index (χ2n) is 4.37. The van der Waals surface area contributed by atoms with Crippen LogP contribution in [0.2, 0.25) is 5.02 Å². The van der Waals surface area contributed by atoms with E-state index >= 15 is 0 Å². The molecule has 0 aliphatic carbocycles. The molecule has 0 spiro atoms. The van der Waals surface area contributed by atoms with Gasteiger partial charge in [-0.25, -0.2) is 12.8 Å². The molecule has 1 rings (SSSR count). The van der Waals surface area contributed by atoms with Crippen LogP contribution in [0.4, 0.5) is 4.39 Å². The Kier molecular flexibility index (Phi) is 5.40. The lowest BCUT2D eigenvalue weighted by atomic mass is 10.1. The Hall–Kier alpha value is -0.850. The van der Waals surface area contributed by atoms with Crippen molar-refractivity contribution in [2.24, 2.45) is 0 Å². The predicted molar refractivity (Wildman–Crippen MR) is 76.3 cm³/mol. The van der Waals surface area contributed by atoms with Crippen molar-refractivity contribution in [3.8, 4) is 0 Å². The fourth-order valence-electron chi connectivity index (χ4n) is 1.54. The van der Waals surface area contributed by atoms with Crippen LogP contribution in [0.15, 0.2) is 17.0 Å². The highest BCUT2D eigenvalue weighted by atomic mass is 35.7. The first-order chi connectivity index (χ1) is 9.09. The largest absolute Gasteiger partial charge is 0.339 e. The molecule has 20 heavy (non-hydrogen) atoms. The van der Waals surface area contributed by atoms with Gasteiger partial charge in [0.1, 0.15) is 10.7 Å². The molecule has 0 saturated heterocycles. The second kappa shape index (κ2) is 6.28. The number of amides is 1. The van der Waals surface area contributed by atoms with Gasteiger partial charge in [0.2, 0.25) is 0 Å². The third-order valence-electron chi connectivity index (χ3n) is 3.09. The first-order valence-corrected chi connectivity index (χ1v) is 8.49. The molecular formula is C12H14Cl2FNO3S. The quantitative estimate of drug-likeness (QED) is 0.789. The van der Waals surface area contributed by atoms with Crippen LogP contribution in [0, 0.1) is 5.82 Å². The lowest BCUT2D eigenvalue weighted by Crippen LogP contribution is -2.34. The van der Waals surface area contributed by atoms with Crippen molar-refractivity contribution in [3.63, 3.8) is 0 Å². The number of hydrogen-bond acceptors (Lipinski definition) is 3. The molecule has 1 aromatic rings. The van der Waals surface area contributed by atoms with Crippen molar-refractivity contribution in [1.82, 2.24) is 4.90 Å². The average molecular weight is 342 g/mol. The summed E-state index contributed by atoms with van der Waals surface area (Å²) in [7, 11) is 2.40. The Morgan fingerprint density at radius 2 is 2.00 bits per heavy atom. The van der Waals surface area contributed by atoms with E-state index in [4.69, 9.17) is 22.3 Å². The predicted octanol–water partition coefficient (Wildman–Crippen LogP) is 3.28. The van der Waals surface area contributed by atoms with Gasteiger partial charge in [0.25, 0.3) is 15.0 Å². The van der Waals surface area contributed by atoms with Gasteiger partial charge >= 0.3 is 0 Å². The van der Waals surface area contributed by atoms with Crippen molar-refractivity contribution >= 4 is 37.2 Å². The van der Waals surface area contributed by atoms with Crippen molar-refractivity contribution < 1.29 is 17.6 Å². The maximum Gasteiger partial charge on any atom is 0.264 e. The highest BCUT2D eigenvalue weighted by molar-refractivity contribution is 8.13. The average Bonchev–Trinajstić information content (AvgIpc) is 2.34. The lowest BCUT2D eigenvalue weighted by molar-refractivity contribution is 0.0740. The Morgan fingerprint density at radius 3 is 2.45 bits per heavy atom. The molecule has 4 nitrogen and oxygen atoms in total. The van der Waals surface area contributed by atoms with Crippen molar-refractivity contribution in [3.05, 3.63) is 28.5 Å². The number of halogens is 3. The summed E-state index contributed by atoms with van der Waals surface area (Å²) in [4.78, 5) is 12.9. The Labute approximate surface area is 126 Å². The van der Waals surface area contributed by atoms with Gasteiger partial charge in [0.05, 0.1) is 10.6 Å². The molecule has 0 saturated carbocycles. The summed E-state index contributed by atoms with van der Waals surface area (Å²) < 4.78 is 36.1. The topological polar surface area (TPSA) is 54.5 Å². The molecule has 0 fully saturated rings. The van der Waals surface area contributed by atoms with E-state index in [1.807, 2.05) is 13.8 Å². The second-order valence-corrected chi connectivity index (χ2v) is 7.32. The molecule has 0 aliphatic rings. The van der Waals surface area contributed by atoms with Gasteiger partial charge in [0.15, 0.2) is 0 Å². The molecule has 0 N–H and O–H groups in total. The van der Waals surface area contributed by atoms with E-state index in [2.05, 4.69) is 0 Å². The molecule has 0 aromatic heterocycles. The van der Waals surface area contributed by atoms with E-state index < -0.39 is 25.7 Å². The Balaban J connectivity index is 3.36. The number of carbonyl (C=O) groups is 1. The highest BCUT2D eigenvalue weighted by Crippen LogP contribution is 2.27. The van der Waals surface area contributed by atoms with Gasteiger partial charge in [0, 0.05) is 23.8 Å². The van der Waals surface area contributed by atoms with Crippen LogP contribution in [0.5, 0.6) is 0 Å². The van der Waals surface area contributed by atoms with Crippen LogP contribution in [0.1, 0.15) is 30.6 Å². The zero-order valence-corrected chi connectivity index (χ0v) is 13.5. The summed E-state index contributed by atoms with van der Waals surface area (Å²) in [5.74, 6) is -1.58. The first kappa shape index (κ1) is 17.2. The van der Waals surface area contributed by atoms with E-state index in [1.54, 1.807) is 7.05 Å².